The molecule has 0 radical (unpaired) electrons. The topological polar surface area (TPSA) is 87.7 Å². The molecule has 21 heavy (non-hydrogen) atoms. The largest absolute Gasteiger partial charge is 0.409 e. The highest BCUT2D eigenvalue weighted by Crippen LogP contribution is 2.22. The zero-order valence-electron chi connectivity index (χ0n) is 12.4. The first-order valence-electron chi connectivity index (χ1n) is 7.49. The van der Waals surface area contributed by atoms with Crippen LogP contribution < -0.4 is 11.1 Å². The molecule has 1 aliphatic carbocycles. The SMILES string of the molecule is CC1CCCC(NC(=O)c2cccc(/C(N)=N/O)c2)CC1. The van der Waals surface area contributed by atoms with Gasteiger partial charge in [0.15, 0.2) is 5.84 Å². The Balaban J connectivity index is 2.03. The number of carbonyl (C=O) groups is 1. The van der Waals surface area contributed by atoms with Gasteiger partial charge in [-0.2, -0.15) is 0 Å². The highest BCUT2D eigenvalue weighted by atomic mass is 16.4. The van der Waals surface area contributed by atoms with Crippen LogP contribution in [0, 0.1) is 5.92 Å². The van der Waals surface area contributed by atoms with Crippen LogP contribution in [0.2, 0.25) is 0 Å². The van der Waals surface area contributed by atoms with Gasteiger partial charge < -0.3 is 16.3 Å². The van der Waals surface area contributed by atoms with Gasteiger partial charge >= 0.3 is 0 Å². The van der Waals surface area contributed by atoms with Crippen LogP contribution >= 0.6 is 0 Å². The number of oxime groups is 1. The number of nitrogens with two attached hydrogens (primary N) is 1. The third-order valence-corrected chi connectivity index (χ3v) is 4.12. The second kappa shape index (κ2) is 7.11. The summed E-state index contributed by atoms with van der Waals surface area (Å²) in [7, 11) is 0. The van der Waals surface area contributed by atoms with E-state index in [1.54, 1.807) is 24.3 Å². The zero-order valence-corrected chi connectivity index (χ0v) is 12.4. The lowest BCUT2D eigenvalue weighted by Gasteiger charge is -2.16. The Morgan fingerprint density at radius 1 is 1.29 bits per heavy atom. The van der Waals surface area contributed by atoms with E-state index < -0.39 is 0 Å². The molecule has 1 fully saturated rings. The summed E-state index contributed by atoms with van der Waals surface area (Å²) >= 11 is 0. The number of amides is 1. The molecule has 2 atom stereocenters. The van der Waals surface area contributed by atoms with Crippen molar-refractivity contribution in [2.75, 3.05) is 0 Å². The molecule has 1 saturated carbocycles. The van der Waals surface area contributed by atoms with Gasteiger partial charge in [-0.25, -0.2) is 0 Å². The normalized spacial score (nSPS) is 23.4. The lowest BCUT2D eigenvalue weighted by Crippen LogP contribution is -2.34. The molecule has 1 aromatic rings. The molecule has 5 nitrogen and oxygen atoms in total. The van der Waals surface area contributed by atoms with Crippen molar-refractivity contribution >= 4 is 11.7 Å². The average molecular weight is 289 g/mol. The second-order valence-corrected chi connectivity index (χ2v) is 5.85. The standard InChI is InChI=1S/C16H23N3O2/c1-11-4-2-7-14(9-8-11)18-16(20)13-6-3-5-12(10-13)15(17)19-21/h3,5-6,10-11,14,21H,2,4,7-9H2,1H3,(H2,17,19)(H,18,20). The number of carbonyl (C=O) groups excluding carboxylic acids is 1. The Hall–Kier alpha value is -2.04. The Bertz CT molecular complexity index is 528. The van der Waals surface area contributed by atoms with Crippen molar-refractivity contribution in [2.24, 2.45) is 16.8 Å². The Kier molecular flexibility index (Phi) is 5.20. The average Bonchev–Trinajstić information content (AvgIpc) is 2.71. The van der Waals surface area contributed by atoms with E-state index in [2.05, 4.69) is 17.4 Å². The minimum Gasteiger partial charge on any atom is -0.409 e. The van der Waals surface area contributed by atoms with Crippen LogP contribution in [0.5, 0.6) is 0 Å². The summed E-state index contributed by atoms with van der Waals surface area (Å²) in [4.78, 5) is 12.3. The molecule has 1 aliphatic rings. The Morgan fingerprint density at radius 2 is 2.05 bits per heavy atom. The first-order valence-corrected chi connectivity index (χ1v) is 7.49. The fraction of sp³-hybridized carbons (Fsp3) is 0.500. The third-order valence-electron chi connectivity index (χ3n) is 4.12. The summed E-state index contributed by atoms with van der Waals surface area (Å²) < 4.78 is 0. The minimum absolute atomic E-state index is 0.00735. The summed E-state index contributed by atoms with van der Waals surface area (Å²) in [5, 5.41) is 14.8. The lowest BCUT2D eigenvalue weighted by atomic mass is 10.0. The number of benzene rings is 1. The number of nitrogens with zero attached hydrogens (tertiary/aromatic N) is 1. The molecule has 0 saturated heterocycles. The predicted octanol–water partition coefficient (Wildman–Crippen LogP) is 2.48. The maximum atomic E-state index is 12.3. The minimum atomic E-state index is -0.0952. The molecule has 2 rings (SSSR count). The van der Waals surface area contributed by atoms with Gasteiger partial charge in [0.25, 0.3) is 5.91 Å². The first kappa shape index (κ1) is 15.4. The van der Waals surface area contributed by atoms with Crippen molar-refractivity contribution < 1.29 is 10.0 Å². The molecule has 0 heterocycles. The molecule has 0 aliphatic heterocycles. The van der Waals surface area contributed by atoms with E-state index in [0.717, 1.165) is 31.6 Å². The van der Waals surface area contributed by atoms with Gasteiger partial charge in [-0.15, -0.1) is 0 Å². The summed E-state index contributed by atoms with van der Waals surface area (Å²) in [6.07, 6.45) is 5.64. The van der Waals surface area contributed by atoms with Gasteiger partial charge in [-0.1, -0.05) is 37.1 Å². The van der Waals surface area contributed by atoms with E-state index in [0.29, 0.717) is 11.1 Å². The molecule has 0 spiro atoms. The molecule has 0 aromatic heterocycles. The molecule has 4 N–H and O–H groups in total. The predicted molar refractivity (Wildman–Crippen MR) is 82.5 cm³/mol. The smallest absolute Gasteiger partial charge is 0.251 e. The monoisotopic (exact) mass is 289 g/mol. The summed E-state index contributed by atoms with van der Waals surface area (Å²) in [5.74, 6) is 0.658. The molecule has 1 amide bonds. The second-order valence-electron chi connectivity index (χ2n) is 5.85. The quantitative estimate of drug-likeness (QED) is 0.263. The molecule has 114 valence electrons. The van der Waals surface area contributed by atoms with E-state index in [9.17, 15) is 4.79 Å². The number of amidine groups is 1. The first-order chi connectivity index (χ1) is 10.1. The van der Waals surface area contributed by atoms with Crippen molar-refractivity contribution in [3.8, 4) is 0 Å². The van der Waals surface area contributed by atoms with Crippen LogP contribution in [-0.2, 0) is 0 Å². The van der Waals surface area contributed by atoms with Crippen LogP contribution in [0.15, 0.2) is 29.4 Å². The van der Waals surface area contributed by atoms with Gasteiger partial charge in [0, 0.05) is 17.2 Å². The summed E-state index contributed by atoms with van der Waals surface area (Å²) in [6, 6.07) is 7.07. The van der Waals surface area contributed by atoms with Gasteiger partial charge in [0.1, 0.15) is 0 Å². The van der Waals surface area contributed by atoms with Crippen molar-refractivity contribution in [1.82, 2.24) is 5.32 Å². The van der Waals surface area contributed by atoms with Crippen LogP contribution in [-0.4, -0.2) is 23.0 Å². The summed E-state index contributed by atoms with van der Waals surface area (Å²) in [6.45, 7) is 2.27. The maximum absolute atomic E-state index is 12.3. The van der Waals surface area contributed by atoms with Crippen LogP contribution in [0.4, 0.5) is 0 Å². The zero-order chi connectivity index (χ0) is 15.2. The van der Waals surface area contributed by atoms with Crippen LogP contribution in [0.25, 0.3) is 0 Å². The van der Waals surface area contributed by atoms with Crippen LogP contribution in [0.3, 0.4) is 0 Å². The van der Waals surface area contributed by atoms with E-state index in [1.807, 2.05) is 0 Å². The van der Waals surface area contributed by atoms with E-state index in [-0.39, 0.29) is 17.8 Å². The third kappa shape index (κ3) is 4.21. The van der Waals surface area contributed by atoms with Crippen molar-refractivity contribution in [1.29, 1.82) is 0 Å². The number of nitrogens with one attached hydrogen (secondary N) is 1. The molecule has 0 bridgehead atoms. The lowest BCUT2D eigenvalue weighted by molar-refractivity contribution is 0.0933. The van der Waals surface area contributed by atoms with Gasteiger partial charge in [-0.05, 0) is 37.3 Å². The Labute approximate surface area is 125 Å². The fourth-order valence-corrected chi connectivity index (χ4v) is 2.78. The number of hydrogen-bond donors (Lipinski definition) is 3. The van der Waals surface area contributed by atoms with Gasteiger partial charge in [0.05, 0.1) is 0 Å². The van der Waals surface area contributed by atoms with E-state index in [1.165, 1.54) is 6.42 Å². The van der Waals surface area contributed by atoms with Gasteiger partial charge in [-0.3, -0.25) is 4.79 Å². The van der Waals surface area contributed by atoms with Crippen LogP contribution in [0.1, 0.15) is 54.9 Å². The highest BCUT2D eigenvalue weighted by molar-refractivity contribution is 6.01. The molecule has 2 unspecified atom stereocenters. The maximum Gasteiger partial charge on any atom is 0.251 e. The van der Waals surface area contributed by atoms with Crippen molar-refractivity contribution in [2.45, 2.75) is 45.1 Å². The summed E-state index contributed by atoms with van der Waals surface area (Å²) in [5.41, 5.74) is 6.63. The molecule has 1 aromatic carbocycles. The van der Waals surface area contributed by atoms with E-state index >= 15 is 0 Å². The molecule has 5 heteroatoms. The van der Waals surface area contributed by atoms with Gasteiger partial charge in [0.2, 0.25) is 0 Å². The number of rotatable bonds is 3. The molecular weight excluding hydrogens is 266 g/mol. The fourth-order valence-electron chi connectivity index (χ4n) is 2.78. The highest BCUT2D eigenvalue weighted by Gasteiger charge is 2.18. The van der Waals surface area contributed by atoms with Crippen molar-refractivity contribution in [3.63, 3.8) is 0 Å². The van der Waals surface area contributed by atoms with E-state index in [4.69, 9.17) is 10.9 Å². The molecular formula is C16H23N3O2. The number of hydrogen-bond acceptors (Lipinski definition) is 3. The van der Waals surface area contributed by atoms with Crippen molar-refractivity contribution in [3.05, 3.63) is 35.4 Å². The Morgan fingerprint density at radius 3 is 2.81 bits per heavy atom.